The van der Waals surface area contributed by atoms with E-state index in [1.54, 1.807) is 0 Å². The van der Waals surface area contributed by atoms with Crippen LogP contribution in [0.4, 0.5) is 8.78 Å². The summed E-state index contributed by atoms with van der Waals surface area (Å²) >= 11 is 0. The number of hydrogen-bond acceptors (Lipinski definition) is 2. The van der Waals surface area contributed by atoms with Crippen LogP contribution in [0.5, 0.6) is 0 Å². The number of benzene rings is 2. The van der Waals surface area contributed by atoms with E-state index in [1.807, 2.05) is 31.2 Å². The van der Waals surface area contributed by atoms with Crippen LogP contribution in [-0.2, 0) is 11.8 Å². The Morgan fingerprint density at radius 2 is 1.90 bits per heavy atom. The summed E-state index contributed by atoms with van der Waals surface area (Å²) in [6, 6.07) is 11.1. The highest BCUT2D eigenvalue weighted by Gasteiger charge is 2.31. The molecule has 1 atom stereocenters. The lowest BCUT2D eigenvalue weighted by atomic mass is 9.75. The van der Waals surface area contributed by atoms with Crippen LogP contribution >= 0.6 is 0 Å². The monoisotopic (exact) mass is 291 g/mol. The van der Waals surface area contributed by atoms with Crippen molar-refractivity contribution in [2.24, 2.45) is 5.73 Å². The molecule has 0 saturated heterocycles. The molecule has 21 heavy (non-hydrogen) atoms. The standard InChI is InChI=1S/C17H19F2NO/c1-12-3-2-4-14(7-12)17(10-20,11-21)9-13-5-6-15(18)8-16(13)19/h2-8,21H,9-11,20H2,1H3. The minimum atomic E-state index is -0.773. The van der Waals surface area contributed by atoms with Crippen molar-refractivity contribution < 1.29 is 13.9 Å². The second-order valence-electron chi connectivity index (χ2n) is 5.42. The molecule has 0 spiro atoms. The van der Waals surface area contributed by atoms with Gasteiger partial charge in [-0.15, -0.1) is 0 Å². The van der Waals surface area contributed by atoms with E-state index in [4.69, 9.17) is 5.73 Å². The molecule has 0 saturated carbocycles. The average Bonchev–Trinajstić information content (AvgIpc) is 2.47. The highest BCUT2D eigenvalue weighted by atomic mass is 19.1. The van der Waals surface area contributed by atoms with Gasteiger partial charge in [0.2, 0.25) is 0 Å². The second kappa shape index (κ2) is 6.33. The van der Waals surface area contributed by atoms with E-state index >= 15 is 0 Å². The van der Waals surface area contributed by atoms with Crippen molar-refractivity contribution in [2.75, 3.05) is 13.2 Å². The van der Waals surface area contributed by atoms with Crippen molar-refractivity contribution in [3.05, 3.63) is 70.8 Å². The molecule has 0 aliphatic rings. The Labute approximate surface area is 123 Å². The van der Waals surface area contributed by atoms with E-state index < -0.39 is 17.0 Å². The van der Waals surface area contributed by atoms with Gasteiger partial charge in [-0.3, -0.25) is 0 Å². The van der Waals surface area contributed by atoms with Crippen LogP contribution in [0.1, 0.15) is 16.7 Å². The van der Waals surface area contributed by atoms with Crippen molar-refractivity contribution in [1.82, 2.24) is 0 Å². The third-order valence-corrected chi connectivity index (χ3v) is 3.87. The van der Waals surface area contributed by atoms with Crippen molar-refractivity contribution in [3.8, 4) is 0 Å². The van der Waals surface area contributed by atoms with Crippen LogP contribution in [0.2, 0.25) is 0 Å². The molecule has 0 amide bonds. The minimum absolute atomic E-state index is 0.170. The molecule has 2 rings (SSSR count). The van der Waals surface area contributed by atoms with Crippen LogP contribution in [-0.4, -0.2) is 18.3 Å². The Balaban J connectivity index is 2.43. The second-order valence-corrected chi connectivity index (χ2v) is 5.42. The summed E-state index contributed by atoms with van der Waals surface area (Å²) in [5, 5.41) is 9.85. The van der Waals surface area contributed by atoms with Gasteiger partial charge in [-0.05, 0) is 30.5 Å². The first-order valence-corrected chi connectivity index (χ1v) is 6.83. The average molecular weight is 291 g/mol. The summed E-state index contributed by atoms with van der Waals surface area (Å²) in [4.78, 5) is 0. The zero-order valence-corrected chi connectivity index (χ0v) is 11.9. The molecule has 0 bridgehead atoms. The number of nitrogens with two attached hydrogens (primary N) is 1. The number of halogens is 2. The Hall–Kier alpha value is -1.78. The Kier molecular flexibility index (Phi) is 4.70. The molecule has 0 radical (unpaired) electrons. The molecule has 2 nitrogen and oxygen atoms in total. The minimum Gasteiger partial charge on any atom is -0.395 e. The first-order chi connectivity index (χ1) is 10.0. The normalized spacial score (nSPS) is 14.0. The Bertz CT molecular complexity index is 624. The van der Waals surface area contributed by atoms with E-state index in [2.05, 4.69) is 0 Å². The van der Waals surface area contributed by atoms with E-state index in [9.17, 15) is 13.9 Å². The predicted molar refractivity (Wildman–Crippen MR) is 79.1 cm³/mol. The summed E-state index contributed by atoms with van der Waals surface area (Å²) in [5.74, 6) is -1.23. The number of rotatable bonds is 5. The molecule has 0 fully saturated rings. The van der Waals surface area contributed by atoms with E-state index in [0.717, 1.165) is 17.2 Å². The van der Waals surface area contributed by atoms with Crippen LogP contribution < -0.4 is 5.73 Å². The van der Waals surface area contributed by atoms with Gasteiger partial charge < -0.3 is 10.8 Å². The van der Waals surface area contributed by atoms with Crippen molar-refractivity contribution in [3.63, 3.8) is 0 Å². The fraction of sp³-hybridized carbons (Fsp3) is 0.294. The quantitative estimate of drug-likeness (QED) is 0.889. The fourth-order valence-electron chi connectivity index (χ4n) is 2.51. The maximum atomic E-state index is 13.9. The van der Waals surface area contributed by atoms with Crippen molar-refractivity contribution in [2.45, 2.75) is 18.8 Å². The number of aliphatic hydroxyl groups excluding tert-OH is 1. The van der Waals surface area contributed by atoms with Crippen LogP contribution in [0.15, 0.2) is 42.5 Å². The molecule has 0 aliphatic heterocycles. The topological polar surface area (TPSA) is 46.2 Å². The first kappa shape index (κ1) is 15.6. The number of aryl methyl sites for hydroxylation is 1. The largest absolute Gasteiger partial charge is 0.395 e. The molecular weight excluding hydrogens is 272 g/mol. The summed E-state index contributed by atoms with van der Waals surface area (Å²) in [6.45, 7) is 1.91. The van der Waals surface area contributed by atoms with Gasteiger partial charge >= 0.3 is 0 Å². The summed E-state index contributed by atoms with van der Waals surface area (Å²) in [5.41, 5.74) is 7.34. The SMILES string of the molecule is Cc1cccc(C(CN)(CO)Cc2ccc(F)cc2F)c1. The van der Waals surface area contributed by atoms with E-state index in [1.165, 1.54) is 12.1 Å². The molecule has 3 N–H and O–H groups in total. The molecule has 1 unspecified atom stereocenters. The van der Waals surface area contributed by atoms with Gasteiger partial charge in [0.05, 0.1) is 6.61 Å². The lowest BCUT2D eigenvalue weighted by molar-refractivity contribution is 0.195. The molecule has 2 aromatic rings. The van der Waals surface area contributed by atoms with Crippen LogP contribution in [0.25, 0.3) is 0 Å². The molecule has 0 aliphatic carbocycles. The van der Waals surface area contributed by atoms with Crippen LogP contribution in [0.3, 0.4) is 0 Å². The maximum Gasteiger partial charge on any atom is 0.129 e. The molecule has 0 heterocycles. The first-order valence-electron chi connectivity index (χ1n) is 6.83. The van der Waals surface area contributed by atoms with Crippen LogP contribution in [0, 0.1) is 18.6 Å². The van der Waals surface area contributed by atoms with E-state index in [0.29, 0.717) is 5.56 Å². The fourth-order valence-corrected chi connectivity index (χ4v) is 2.51. The molecule has 2 aromatic carbocycles. The Morgan fingerprint density at radius 1 is 1.14 bits per heavy atom. The summed E-state index contributed by atoms with van der Waals surface area (Å²) < 4.78 is 26.9. The zero-order valence-electron chi connectivity index (χ0n) is 11.9. The molecule has 112 valence electrons. The lowest BCUT2D eigenvalue weighted by Crippen LogP contribution is -2.41. The summed E-state index contributed by atoms with van der Waals surface area (Å²) in [6.07, 6.45) is 0.218. The smallest absolute Gasteiger partial charge is 0.129 e. The van der Waals surface area contributed by atoms with Crippen molar-refractivity contribution in [1.29, 1.82) is 0 Å². The number of aliphatic hydroxyl groups is 1. The molecular formula is C17H19F2NO. The van der Waals surface area contributed by atoms with Gasteiger partial charge in [0.25, 0.3) is 0 Å². The van der Waals surface area contributed by atoms with Gasteiger partial charge in [-0.1, -0.05) is 35.9 Å². The van der Waals surface area contributed by atoms with Gasteiger partial charge in [0.15, 0.2) is 0 Å². The third kappa shape index (κ3) is 3.28. The summed E-state index contributed by atoms with van der Waals surface area (Å²) in [7, 11) is 0. The zero-order chi connectivity index (χ0) is 15.5. The van der Waals surface area contributed by atoms with Crippen molar-refractivity contribution >= 4 is 0 Å². The maximum absolute atomic E-state index is 13.9. The highest BCUT2D eigenvalue weighted by Crippen LogP contribution is 2.29. The van der Waals surface area contributed by atoms with Gasteiger partial charge in [0, 0.05) is 18.0 Å². The third-order valence-electron chi connectivity index (χ3n) is 3.87. The van der Waals surface area contributed by atoms with Gasteiger partial charge in [-0.25, -0.2) is 8.78 Å². The molecule has 0 aromatic heterocycles. The number of hydrogen-bond donors (Lipinski definition) is 2. The van der Waals surface area contributed by atoms with Gasteiger partial charge in [0.1, 0.15) is 11.6 Å². The predicted octanol–water partition coefficient (Wildman–Crippen LogP) is 2.70. The highest BCUT2D eigenvalue weighted by molar-refractivity contribution is 5.33. The Morgan fingerprint density at radius 3 is 2.48 bits per heavy atom. The lowest BCUT2D eigenvalue weighted by Gasteiger charge is -2.31. The van der Waals surface area contributed by atoms with E-state index in [-0.39, 0.29) is 19.6 Å². The molecule has 4 heteroatoms. The van der Waals surface area contributed by atoms with Gasteiger partial charge in [-0.2, -0.15) is 0 Å².